The normalized spacial score (nSPS) is 33.8. The van der Waals surface area contributed by atoms with Gasteiger partial charge in [0.15, 0.2) is 0 Å². The van der Waals surface area contributed by atoms with Gasteiger partial charge in [0.1, 0.15) is 5.75 Å². The average molecular weight is 734 g/mol. The number of fused-ring (bicyclic) bond motifs is 5. The third-order valence-electron chi connectivity index (χ3n) is 12.3. The van der Waals surface area contributed by atoms with E-state index in [9.17, 15) is 21.6 Å². The van der Waals surface area contributed by atoms with Crippen LogP contribution >= 0.6 is 11.6 Å². The van der Waals surface area contributed by atoms with Crippen molar-refractivity contribution in [3.8, 4) is 5.75 Å². The van der Waals surface area contributed by atoms with Crippen LogP contribution in [0.4, 0.5) is 5.69 Å². The van der Waals surface area contributed by atoms with Gasteiger partial charge in [-0.3, -0.25) is 4.79 Å². The maximum absolute atomic E-state index is 13.5. The van der Waals surface area contributed by atoms with Crippen molar-refractivity contribution in [2.75, 3.05) is 50.5 Å². The molecule has 1 amide bonds. The Morgan fingerprint density at radius 2 is 1.84 bits per heavy atom. The summed E-state index contributed by atoms with van der Waals surface area (Å²) in [5.74, 6) is 0.111. The Balaban J connectivity index is 1.32. The minimum absolute atomic E-state index is 0.119. The van der Waals surface area contributed by atoms with Gasteiger partial charge in [-0.25, -0.2) is 21.6 Å². The van der Waals surface area contributed by atoms with Crippen molar-refractivity contribution in [3.05, 3.63) is 58.1 Å². The molecule has 6 atom stereocenters. The molecule has 0 aromatic heterocycles. The second-order valence-corrected chi connectivity index (χ2v) is 19.7. The molecule has 49 heavy (non-hydrogen) atoms. The van der Waals surface area contributed by atoms with Gasteiger partial charge < -0.3 is 14.4 Å². The average Bonchev–Trinajstić information content (AvgIpc) is 3.18. The van der Waals surface area contributed by atoms with Crippen molar-refractivity contribution in [2.24, 2.45) is 17.8 Å². The van der Waals surface area contributed by atoms with E-state index in [-0.39, 0.29) is 28.7 Å². The summed E-state index contributed by atoms with van der Waals surface area (Å²) in [6.07, 6.45) is 7.95. The van der Waals surface area contributed by atoms with Crippen LogP contribution in [0, 0.1) is 17.8 Å². The third-order valence-corrected chi connectivity index (χ3v) is 15.7. The van der Waals surface area contributed by atoms with Crippen LogP contribution in [0.25, 0.3) is 0 Å². The molecular formula is C36H48ClN3O7S2. The zero-order chi connectivity index (χ0) is 34.8. The van der Waals surface area contributed by atoms with E-state index < -0.39 is 36.8 Å². The maximum atomic E-state index is 13.5. The molecule has 2 aliphatic carbocycles. The topological polar surface area (TPSA) is 122 Å². The van der Waals surface area contributed by atoms with E-state index in [1.807, 2.05) is 13.0 Å². The highest BCUT2D eigenvalue weighted by Gasteiger charge is 2.53. The first-order chi connectivity index (χ1) is 23.2. The maximum Gasteiger partial charge on any atom is 0.264 e. The Kier molecular flexibility index (Phi) is 9.29. The predicted molar refractivity (Wildman–Crippen MR) is 190 cm³/mol. The summed E-state index contributed by atoms with van der Waals surface area (Å²) in [4.78, 5) is 15.9. The molecule has 5 aliphatic rings. The number of anilines is 1. The van der Waals surface area contributed by atoms with E-state index in [2.05, 4.69) is 21.8 Å². The SMILES string of the molecule is C[C@@H]1[C@@H](C)CCCC2(CN(S(C)(=O)=O)CCO2)[C@@H]2CC[C@H]2CN2C[C@@]3(CCCc4cc(Cl)ccc43)COc3ccc(cc32)C(=O)NS1(=O)=O. The number of morpholine rings is 1. The monoisotopic (exact) mass is 733 g/mol. The van der Waals surface area contributed by atoms with Crippen molar-refractivity contribution in [1.29, 1.82) is 0 Å². The zero-order valence-corrected chi connectivity index (χ0v) is 31.0. The Hall–Kier alpha value is -2.38. The highest BCUT2D eigenvalue weighted by Crippen LogP contribution is 2.51. The lowest BCUT2D eigenvalue weighted by molar-refractivity contribution is -0.165. The predicted octanol–water partition coefficient (Wildman–Crippen LogP) is 5.14. The number of benzene rings is 2. The highest BCUT2D eigenvalue weighted by atomic mass is 35.5. The minimum Gasteiger partial charge on any atom is -0.490 e. The second-order valence-electron chi connectivity index (χ2n) is 15.3. The lowest BCUT2D eigenvalue weighted by Gasteiger charge is -2.54. The van der Waals surface area contributed by atoms with E-state index in [4.69, 9.17) is 21.1 Å². The molecule has 1 saturated carbocycles. The zero-order valence-electron chi connectivity index (χ0n) is 28.6. The van der Waals surface area contributed by atoms with Gasteiger partial charge in [-0.05, 0) is 111 Å². The molecule has 1 saturated heterocycles. The first kappa shape index (κ1) is 35.0. The lowest BCUT2D eigenvalue weighted by Crippen LogP contribution is -2.62. The Morgan fingerprint density at radius 1 is 1.02 bits per heavy atom. The Bertz CT molecular complexity index is 1840. The number of sulfonamides is 2. The molecule has 7 rings (SSSR count). The molecule has 1 unspecified atom stereocenters. The van der Waals surface area contributed by atoms with E-state index in [0.717, 1.165) is 37.8 Å². The summed E-state index contributed by atoms with van der Waals surface area (Å²) < 4.78 is 69.9. The van der Waals surface area contributed by atoms with Gasteiger partial charge in [0.05, 0.1) is 36.0 Å². The molecule has 3 heterocycles. The van der Waals surface area contributed by atoms with Crippen molar-refractivity contribution in [3.63, 3.8) is 0 Å². The quantitative estimate of drug-likeness (QED) is 0.428. The molecule has 3 aliphatic heterocycles. The van der Waals surface area contributed by atoms with Crippen LogP contribution in [-0.4, -0.2) is 83.5 Å². The van der Waals surface area contributed by atoms with Crippen LogP contribution in [0.5, 0.6) is 5.75 Å². The molecule has 2 aromatic carbocycles. The van der Waals surface area contributed by atoms with E-state index in [1.165, 1.54) is 17.4 Å². The molecule has 2 bridgehead atoms. The fourth-order valence-electron chi connectivity index (χ4n) is 9.18. The Labute approximate surface area is 296 Å². The van der Waals surface area contributed by atoms with Crippen molar-refractivity contribution in [2.45, 2.75) is 81.5 Å². The van der Waals surface area contributed by atoms with Crippen molar-refractivity contribution < 1.29 is 31.1 Å². The van der Waals surface area contributed by atoms with Gasteiger partial charge in [-0.2, -0.15) is 4.31 Å². The standard InChI is InChI=1S/C36H48ClN3O7S2/c1-24-6-4-15-36(22-40(16-17-47-36)48(3,42)43)31-11-8-28(31)20-39-21-35(14-5-7-26-18-29(37)10-12-30(26)35)23-46-33-13-9-27(19-32(33)39)34(41)38-49(44,45)25(24)2/h9-10,12-13,18-19,24-25,28,31H,4-8,11,14-17,20-23H2,1-3H3,(H,38,41)/t24-,25+,28-,31+,35-,36?/m0/s1. The van der Waals surface area contributed by atoms with E-state index in [1.54, 1.807) is 29.4 Å². The van der Waals surface area contributed by atoms with Crippen LogP contribution < -0.4 is 14.4 Å². The second kappa shape index (κ2) is 13.0. The van der Waals surface area contributed by atoms with Crippen LogP contribution in [0.2, 0.25) is 5.02 Å². The minimum atomic E-state index is -3.98. The molecule has 2 spiro atoms. The van der Waals surface area contributed by atoms with Gasteiger partial charge in [0.25, 0.3) is 5.91 Å². The summed E-state index contributed by atoms with van der Waals surface area (Å²) in [6.45, 7) is 6.28. The lowest BCUT2D eigenvalue weighted by atomic mass is 9.62. The summed E-state index contributed by atoms with van der Waals surface area (Å²) in [5, 5.41) is -0.0943. The molecular weight excluding hydrogens is 686 g/mol. The number of nitrogens with one attached hydrogen (secondary N) is 1. The fraction of sp³-hybridized carbons (Fsp3) is 0.639. The summed E-state index contributed by atoms with van der Waals surface area (Å²) in [7, 11) is -7.41. The van der Waals surface area contributed by atoms with Gasteiger partial charge in [0.2, 0.25) is 20.0 Å². The first-order valence-electron chi connectivity index (χ1n) is 17.7. The van der Waals surface area contributed by atoms with Crippen LogP contribution in [-0.2, 0) is 36.6 Å². The summed E-state index contributed by atoms with van der Waals surface area (Å²) >= 11 is 6.45. The molecule has 268 valence electrons. The number of hydrogen-bond acceptors (Lipinski definition) is 8. The molecule has 1 N–H and O–H groups in total. The third kappa shape index (κ3) is 6.61. The van der Waals surface area contributed by atoms with E-state index >= 15 is 0 Å². The summed E-state index contributed by atoms with van der Waals surface area (Å²) in [6, 6.07) is 11.4. The number of carbonyl (C=O) groups excluding carboxylic acids is 1. The number of rotatable bonds is 1. The number of halogens is 1. The molecule has 13 heteroatoms. The molecule has 10 nitrogen and oxygen atoms in total. The Morgan fingerprint density at radius 3 is 2.59 bits per heavy atom. The largest absolute Gasteiger partial charge is 0.490 e. The fourth-order valence-corrected chi connectivity index (χ4v) is 11.5. The molecule has 0 radical (unpaired) electrons. The highest BCUT2D eigenvalue weighted by molar-refractivity contribution is 7.90. The smallest absolute Gasteiger partial charge is 0.264 e. The summed E-state index contributed by atoms with van der Waals surface area (Å²) in [5.41, 5.74) is 2.50. The van der Waals surface area contributed by atoms with Crippen LogP contribution in [0.1, 0.15) is 80.3 Å². The van der Waals surface area contributed by atoms with Gasteiger partial charge in [0, 0.05) is 42.2 Å². The van der Waals surface area contributed by atoms with Crippen molar-refractivity contribution in [1.82, 2.24) is 9.03 Å². The van der Waals surface area contributed by atoms with Crippen LogP contribution in [0.15, 0.2) is 36.4 Å². The molecule has 2 fully saturated rings. The number of aryl methyl sites for hydroxylation is 1. The van der Waals surface area contributed by atoms with Gasteiger partial charge >= 0.3 is 0 Å². The van der Waals surface area contributed by atoms with Crippen LogP contribution in [0.3, 0.4) is 0 Å². The number of nitrogens with zero attached hydrogens (tertiary/aromatic N) is 2. The molecule has 2 aromatic rings. The van der Waals surface area contributed by atoms with Crippen molar-refractivity contribution >= 4 is 43.2 Å². The first-order valence-corrected chi connectivity index (χ1v) is 21.4. The number of hydrogen-bond donors (Lipinski definition) is 1. The van der Waals surface area contributed by atoms with Gasteiger partial charge in [-0.15, -0.1) is 0 Å². The van der Waals surface area contributed by atoms with E-state index in [0.29, 0.717) is 69.4 Å². The number of amides is 1. The number of ether oxygens (including phenoxy) is 2. The van der Waals surface area contributed by atoms with Gasteiger partial charge in [-0.1, -0.05) is 31.0 Å². The number of carbonyl (C=O) groups is 1.